The van der Waals surface area contributed by atoms with E-state index in [0.29, 0.717) is 17.9 Å². The molecule has 1 saturated heterocycles. The molecule has 0 aromatic carbocycles. The molecule has 0 bridgehead atoms. The molecule has 1 unspecified atom stereocenters. The van der Waals surface area contributed by atoms with Crippen molar-refractivity contribution in [2.45, 2.75) is 32.1 Å². The highest BCUT2D eigenvalue weighted by Crippen LogP contribution is 2.26. The van der Waals surface area contributed by atoms with E-state index < -0.39 is 0 Å². The van der Waals surface area contributed by atoms with E-state index in [1.807, 2.05) is 33.7 Å². The molecule has 1 aliphatic heterocycles. The molecule has 0 spiro atoms. The first-order valence-electron chi connectivity index (χ1n) is 8.08. The van der Waals surface area contributed by atoms with Gasteiger partial charge in [-0.25, -0.2) is 4.63 Å². The maximum absolute atomic E-state index is 12.6. The van der Waals surface area contributed by atoms with Gasteiger partial charge in [-0.2, -0.15) is 0 Å². The predicted octanol–water partition coefficient (Wildman–Crippen LogP) is 1.37. The fourth-order valence-corrected chi connectivity index (χ4v) is 3.22. The Balaban J connectivity index is 1.51. The number of carbonyl (C=O) groups excluding carboxylic acids is 1. The van der Waals surface area contributed by atoms with Crippen LogP contribution in [0.25, 0.3) is 5.65 Å². The summed E-state index contributed by atoms with van der Waals surface area (Å²) < 4.78 is 6.67. The first-order valence-corrected chi connectivity index (χ1v) is 8.08. The predicted molar refractivity (Wildman–Crippen MR) is 84.3 cm³/mol. The van der Waals surface area contributed by atoms with Crippen LogP contribution in [0.2, 0.25) is 0 Å². The van der Waals surface area contributed by atoms with E-state index in [-0.39, 0.29) is 18.2 Å². The number of rotatable bonds is 3. The van der Waals surface area contributed by atoms with Crippen molar-refractivity contribution < 1.29 is 9.42 Å². The van der Waals surface area contributed by atoms with Crippen molar-refractivity contribution in [3.63, 3.8) is 0 Å². The van der Waals surface area contributed by atoms with Gasteiger partial charge in [0, 0.05) is 25.2 Å². The van der Waals surface area contributed by atoms with Crippen molar-refractivity contribution in [2.75, 3.05) is 13.1 Å². The second-order valence-electron chi connectivity index (χ2n) is 6.14. The maximum atomic E-state index is 12.6. The summed E-state index contributed by atoms with van der Waals surface area (Å²) in [5.41, 5.74) is 2.11. The lowest BCUT2D eigenvalue weighted by Gasteiger charge is -2.31. The van der Waals surface area contributed by atoms with Crippen LogP contribution in [0.4, 0.5) is 0 Å². The third kappa shape index (κ3) is 2.64. The number of amides is 1. The van der Waals surface area contributed by atoms with E-state index in [1.54, 1.807) is 6.92 Å². The number of piperidine rings is 1. The minimum absolute atomic E-state index is 0.0484. The van der Waals surface area contributed by atoms with Crippen LogP contribution < -0.4 is 0 Å². The fourth-order valence-electron chi connectivity index (χ4n) is 3.22. The van der Waals surface area contributed by atoms with Crippen molar-refractivity contribution >= 4 is 11.6 Å². The Kier molecular flexibility index (Phi) is 3.72. The molecule has 1 atom stereocenters. The van der Waals surface area contributed by atoms with Crippen LogP contribution in [0, 0.1) is 6.92 Å². The summed E-state index contributed by atoms with van der Waals surface area (Å²) in [6.45, 7) is 3.20. The standard InChI is InChI=1S/C16H18N6O2/c1-11-13(20-24-19-11)9-15(23)21-7-4-5-12(10-21)16-18-17-14-6-2-3-8-22(14)16/h2-3,6,8,12H,4-5,7,9-10H2,1H3. The van der Waals surface area contributed by atoms with E-state index in [0.717, 1.165) is 30.9 Å². The Hall–Kier alpha value is -2.77. The van der Waals surface area contributed by atoms with Crippen LogP contribution in [0.1, 0.15) is 36.0 Å². The van der Waals surface area contributed by atoms with Crippen LogP contribution in [0.3, 0.4) is 0 Å². The van der Waals surface area contributed by atoms with Crippen molar-refractivity contribution in [1.29, 1.82) is 0 Å². The van der Waals surface area contributed by atoms with E-state index in [4.69, 9.17) is 0 Å². The van der Waals surface area contributed by atoms with Gasteiger partial charge in [-0.05, 0) is 31.9 Å². The molecule has 1 fully saturated rings. The Labute approximate surface area is 138 Å². The average Bonchev–Trinajstić information content (AvgIpc) is 3.21. The lowest BCUT2D eigenvalue weighted by atomic mass is 9.96. The number of aromatic nitrogens is 5. The number of carbonyl (C=O) groups is 1. The number of hydrogen-bond donors (Lipinski definition) is 0. The Morgan fingerprint density at radius 2 is 2.25 bits per heavy atom. The molecule has 4 heterocycles. The van der Waals surface area contributed by atoms with E-state index in [1.165, 1.54) is 0 Å². The smallest absolute Gasteiger partial charge is 0.228 e. The Morgan fingerprint density at radius 1 is 1.33 bits per heavy atom. The SMILES string of the molecule is Cc1nonc1CC(=O)N1CCCC(c2nnc3ccccn23)C1. The van der Waals surface area contributed by atoms with Gasteiger partial charge in [-0.1, -0.05) is 16.4 Å². The summed E-state index contributed by atoms with van der Waals surface area (Å²) in [6, 6.07) is 5.84. The largest absolute Gasteiger partial charge is 0.342 e. The van der Waals surface area contributed by atoms with Gasteiger partial charge in [0.1, 0.15) is 17.2 Å². The minimum atomic E-state index is 0.0484. The van der Waals surface area contributed by atoms with Gasteiger partial charge in [-0.15, -0.1) is 10.2 Å². The molecule has 4 rings (SSSR count). The van der Waals surface area contributed by atoms with E-state index in [9.17, 15) is 4.79 Å². The lowest BCUT2D eigenvalue weighted by Crippen LogP contribution is -2.40. The Bertz CT molecular complexity index is 870. The van der Waals surface area contributed by atoms with Gasteiger partial charge >= 0.3 is 0 Å². The number of hydrogen-bond acceptors (Lipinski definition) is 6. The van der Waals surface area contributed by atoms with Crippen LogP contribution in [-0.4, -0.2) is 48.8 Å². The quantitative estimate of drug-likeness (QED) is 0.722. The highest BCUT2D eigenvalue weighted by Gasteiger charge is 2.28. The van der Waals surface area contributed by atoms with Crippen LogP contribution in [-0.2, 0) is 11.2 Å². The minimum Gasteiger partial charge on any atom is -0.342 e. The zero-order chi connectivity index (χ0) is 16.5. The zero-order valence-electron chi connectivity index (χ0n) is 13.4. The summed E-state index contributed by atoms with van der Waals surface area (Å²) in [5, 5.41) is 16.1. The molecular weight excluding hydrogens is 308 g/mol. The lowest BCUT2D eigenvalue weighted by molar-refractivity contribution is -0.131. The molecule has 124 valence electrons. The van der Waals surface area contributed by atoms with Crippen LogP contribution in [0.15, 0.2) is 29.0 Å². The van der Waals surface area contributed by atoms with Crippen molar-refractivity contribution in [2.24, 2.45) is 0 Å². The third-order valence-electron chi connectivity index (χ3n) is 4.54. The molecule has 0 N–H and O–H groups in total. The van der Waals surface area contributed by atoms with Crippen molar-refractivity contribution in [1.82, 2.24) is 29.8 Å². The molecule has 24 heavy (non-hydrogen) atoms. The summed E-state index contributed by atoms with van der Waals surface area (Å²) >= 11 is 0. The maximum Gasteiger partial charge on any atom is 0.228 e. The summed E-state index contributed by atoms with van der Waals surface area (Å²) in [6.07, 6.45) is 4.15. The third-order valence-corrected chi connectivity index (χ3v) is 4.54. The van der Waals surface area contributed by atoms with Crippen LogP contribution >= 0.6 is 0 Å². The van der Waals surface area contributed by atoms with Gasteiger partial charge in [-0.3, -0.25) is 9.20 Å². The summed E-state index contributed by atoms with van der Waals surface area (Å²) in [4.78, 5) is 14.5. The van der Waals surface area contributed by atoms with Gasteiger partial charge in [0.05, 0.1) is 6.42 Å². The summed E-state index contributed by atoms with van der Waals surface area (Å²) in [5.74, 6) is 1.16. The van der Waals surface area contributed by atoms with Gasteiger partial charge < -0.3 is 4.90 Å². The first-order chi connectivity index (χ1) is 11.7. The first kappa shape index (κ1) is 14.8. The van der Waals surface area contributed by atoms with Gasteiger partial charge in [0.15, 0.2) is 5.65 Å². The highest BCUT2D eigenvalue weighted by molar-refractivity contribution is 5.78. The number of fused-ring (bicyclic) bond motifs is 1. The van der Waals surface area contributed by atoms with E-state index >= 15 is 0 Å². The van der Waals surface area contributed by atoms with Crippen molar-refractivity contribution in [3.05, 3.63) is 41.6 Å². The number of pyridine rings is 1. The monoisotopic (exact) mass is 326 g/mol. The highest BCUT2D eigenvalue weighted by atomic mass is 16.6. The average molecular weight is 326 g/mol. The summed E-state index contributed by atoms with van der Waals surface area (Å²) in [7, 11) is 0. The van der Waals surface area contributed by atoms with Crippen LogP contribution in [0.5, 0.6) is 0 Å². The molecule has 3 aromatic heterocycles. The molecule has 0 saturated carbocycles. The second-order valence-corrected chi connectivity index (χ2v) is 6.14. The number of aryl methyl sites for hydroxylation is 1. The molecule has 0 radical (unpaired) electrons. The fraction of sp³-hybridized carbons (Fsp3) is 0.438. The second kappa shape index (κ2) is 6.03. The molecular formula is C16H18N6O2. The number of nitrogens with zero attached hydrogens (tertiary/aromatic N) is 6. The molecule has 1 aliphatic rings. The van der Waals surface area contributed by atoms with Crippen molar-refractivity contribution in [3.8, 4) is 0 Å². The molecule has 8 heteroatoms. The Morgan fingerprint density at radius 3 is 3.08 bits per heavy atom. The molecule has 3 aromatic rings. The topological polar surface area (TPSA) is 89.4 Å². The normalized spacial score (nSPS) is 18.2. The molecule has 0 aliphatic carbocycles. The van der Waals surface area contributed by atoms with E-state index in [2.05, 4.69) is 25.1 Å². The molecule has 8 nitrogen and oxygen atoms in total. The van der Waals surface area contributed by atoms with Gasteiger partial charge in [0.25, 0.3) is 0 Å². The zero-order valence-corrected chi connectivity index (χ0v) is 13.4. The van der Waals surface area contributed by atoms with Gasteiger partial charge in [0.2, 0.25) is 5.91 Å². The number of likely N-dealkylation sites (tertiary alicyclic amines) is 1. The molecule has 1 amide bonds.